The zero-order chi connectivity index (χ0) is 15.5. The third-order valence-corrected chi connectivity index (χ3v) is 4.35. The summed E-state index contributed by atoms with van der Waals surface area (Å²) in [5.74, 6) is -0.764. The molecule has 1 aliphatic rings. The minimum absolute atomic E-state index is 0.116. The van der Waals surface area contributed by atoms with Crippen LogP contribution in [0.15, 0.2) is 48.8 Å². The molecular weight excluding hydrogens is 300 g/mol. The van der Waals surface area contributed by atoms with Gasteiger partial charge in [0.05, 0.1) is 6.04 Å². The lowest BCUT2D eigenvalue weighted by atomic mass is 9.97. The maximum absolute atomic E-state index is 11.6. The second-order valence-corrected chi connectivity index (χ2v) is 5.91. The molecule has 3 rings (SSSR count). The summed E-state index contributed by atoms with van der Waals surface area (Å²) in [5.41, 5.74) is 2.03. The van der Waals surface area contributed by atoms with E-state index >= 15 is 0 Å². The summed E-state index contributed by atoms with van der Waals surface area (Å²) < 4.78 is 0. The number of likely N-dealkylation sites (tertiary alicyclic amines) is 1. The average Bonchev–Trinajstić information content (AvgIpc) is 3.00. The number of carboxylic acid groups (broad SMARTS) is 1. The van der Waals surface area contributed by atoms with Crippen molar-refractivity contribution in [3.8, 4) is 0 Å². The Morgan fingerprint density at radius 3 is 2.68 bits per heavy atom. The van der Waals surface area contributed by atoms with Gasteiger partial charge in [0, 0.05) is 24.0 Å². The highest BCUT2D eigenvalue weighted by atomic mass is 35.5. The Morgan fingerprint density at radius 2 is 2.05 bits per heavy atom. The van der Waals surface area contributed by atoms with E-state index in [1.807, 2.05) is 41.3 Å². The monoisotopic (exact) mass is 316 g/mol. The van der Waals surface area contributed by atoms with Gasteiger partial charge in [0.25, 0.3) is 0 Å². The first-order chi connectivity index (χ1) is 10.7. The summed E-state index contributed by atoms with van der Waals surface area (Å²) in [6, 6.07) is 10.9. The summed E-state index contributed by atoms with van der Waals surface area (Å²) >= 11 is 5.98. The standard InChI is InChI=1S/C17H17ClN2O2/c18-14-7-5-12(6-8-14)16(13-3-1-9-19-11-13)20-10-2-4-15(20)17(21)22/h1,3,5-9,11,15-16H,2,4,10H2,(H,21,22). The van der Waals surface area contributed by atoms with Crippen molar-refractivity contribution >= 4 is 17.6 Å². The smallest absolute Gasteiger partial charge is 0.320 e. The summed E-state index contributed by atoms with van der Waals surface area (Å²) in [6.45, 7) is 0.763. The van der Waals surface area contributed by atoms with Gasteiger partial charge in [0.1, 0.15) is 6.04 Å². The Morgan fingerprint density at radius 1 is 1.27 bits per heavy atom. The third kappa shape index (κ3) is 2.98. The molecule has 0 spiro atoms. The molecule has 2 heterocycles. The molecule has 0 bridgehead atoms. The lowest BCUT2D eigenvalue weighted by molar-refractivity contribution is -0.142. The lowest BCUT2D eigenvalue weighted by Gasteiger charge is -2.31. The molecule has 2 aromatic rings. The van der Waals surface area contributed by atoms with Crippen molar-refractivity contribution in [1.82, 2.24) is 9.88 Å². The van der Waals surface area contributed by atoms with Crippen molar-refractivity contribution < 1.29 is 9.90 Å². The molecular formula is C17H17ClN2O2. The number of halogens is 1. The fourth-order valence-corrected chi connectivity index (χ4v) is 3.25. The van der Waals surface area contributed by atoms with Crippen LogP contribution >= 0.6 is 11.6 Å². The Kier molecular flexibility index (Phi) is 4.41. The predicted molar refractivity (Wildman–Crippen MR) is 84.9 cm³/mol. The Hall–Kier alpha value is -1.91. The van der Waals surface area contributed by atoms with E-state index in [1.54, 1.807) is 12.4 Å². The third-order valence-electron chi connectivity index (χ3n) is 4.10. The van der Waals surface area contributed by atoms with Crippen molar-refractivity contribution in [3.63, 3.8) is 0 Å². The molecule has 0 amide bonds. The summed E-state index contributed by atoms with van der Waals surface area (Å²) in [4.78, 5) is 17.8. The number of aliphatic carboxylic acids is 1. The molecule has 1 fully saturated rings. The van der Waals surface area contributed by atoms with E-state index in [2.05, 4.69) is 4.98 Å². The van der Waals surface area contributed by atoms with Crippen LogP contribution in [0.2, 0.25) is 5.02 Å². The van der Waals surface area contributed by atoms with Crippen molar-refractivity contribution in [1.29, 1.82) is 0 Å². The molecule has 114 valence electrons. The highest BCUT2D eigenvalue weighted by Crippen LogP contribution is 2.34. The molecule has 4 nitrogen and oxygen atoms in total. The number of nitrogens with zero attached hydrogens (tertiary/aromatic N) is 2. The molecule has 1 aliphatic heterocycles. The van der Waals surface area contributed by atoms with Gasteiger partial charge in [-0.3, -0.25) is 14.7 Å². The highest BCUT2D eigenvalue weighted by molar-refractivity contribution is 6.30. The van der Waals surface area contributed by atoms with Gasteiger partial charge < -0.3 is 5.11 Å². The van der Waals surface area contributed by atoms with E-state index < -0.39 is 12.0 Å². The summed E-state index contributed by atoms with van der Waals surface area (Å²) in [5, 5.41) is 10.2. The Labute approximate surface area is 134 Å². The van der Waals surface area contributed by atoms with Gasteiger partial charge in [-0.15, -0.1) is 0 Å². The second-order valence-electron chi connectivity index (χ2n) is 5.47. The van der Waals surface area contributed by atoms with Crippen LogP contribution in [-0.2, 0) is 4.79 Å². The van der Waals surface area contributed by atoms with Crippen LogP contribution in [0.5, 0.6) is 0 Å². The van der Waals surface area contributed by atoms with E-state index in [0.717, 1.165) is 24.1 Å². The van der Waals surface area contributed by atoms with Gasteiger partial charge in [-0.05, 0) is 42.2 Å². The number of carboxylic acids is 1. The molecule has 22 heavy (non-hydrogen) atoms. The van der Waals surface area contributed by atoms with Crippen LogP contribution in [0.25, 0.3) is 0 Å². The molecule has 2 unspecified atom stereocenters. The minimum atomic E-state index is -0.764. The van der Waals surface area contributed by atoms with Crippen molar-refractivity contribution in [2.24, 2.45) is 0 Å². The van der Waals surface area contributed by atoms with Crippen LogP contribution in [0, 0.1) is 0 Å². The zero-order valence-corrected chi connectivity index (χ0v) is 12.8. The molecule has 1 aromatic carbocycles. The van der Waals surface area contributed by atoms with Gasteiger partial charge in [0.15, 0.2) is 0 Å². The van der Waals surface area contributed by atoms with Crippen molar-refractivity contribution in [3.05, 3.63) is 64.9 Å². The number of aromatic nitrogens is 1. The van der Waals surface area contributed by atoms with E-state index in [-0.39, 0.29) is 6.04 Å². The second kappa shape index (κ2) is 6.46. The molecule has 0 aliphatic carbocycles. The molecule has 0 radical (unpaired) electrons. The first kappa shape index (κ1) is 15.0. The van der Waals surface area contributed by atoms with Crippen molar-refractivity contribution in [2.45, 2.75) is 24.9 Å². The fraction of sp³-hybridized carbons (Fsp3) is 0.294. The SMILES string of the molecule is O=C(O)C1CCCN1C(c1ccc(Cl)cc1)c1cccnc1. The van der Waals surface area contributed by atoms with E-state index in [4.69, 9.17) is 11.6 Å². The number of carbonyl (C=O) groups is 1. The zero-order valence-electron chi connectivity index (χ0n) is 12.0. The van der Waals surface area contributed by atoms with Crippen LogP contribution in [0.1, 0.15) is 30.0 Å². The minimum Gasteiger partial charge on any atom is -0.480 e. The lowest BCUT2D eigenvalue weighted by Crippen LogP contribution is -2.39. The van der Waals surface area contributed by atoms with Crippen LogP contribution in [0.4, 0.5) is 0 Å². The Balaban J connectivity index is 2.03. The van der Waals surface area contributed by atoms with Gasteiger partial charge >= 0.3 is 5.97 Å². The molecule has 2 atom stereocenters. The fourth-order valence-electron chi connectivity index (χ4n) is 3.12. The van der Waals surface area contributed by atoms with Gasteiger partial charge in [-0.2, -0.15) is 0 Å². The maximum atomic E-state index is 11.6. The summed E-state index contributed by atoms with van der Waals surface area (Å²) in [6.07, 6.45) is 5.10. The largest absolute Gasteiger partial charge is 0.480 e. The van der Waals surface area contributed by atoms with E-state index in [1.165, 1.54) is 0 Å². The normalized spacial score (nSPS) is 20.0. The number of pyridine rings is 1. The topological polar surface area (TPSA) is 53.4 Å². The average molecular weight is 317 g/mol. The Bertz CT molecular complexity index is 645. The van der Waals surface area contributed by atoms with Crippen molar-refractivity contribution in [2.75, 3.05) is 6.54 Å². The van der Waals surface area contributed by atoms with E-state index in [0.29, 0.717) is 11.4 Å². The number of hydrogen-bond acceptors (Lipinski definition) is 3. The maximum Gasteiger partial charge on any atom is 0.320 e. The predicted octanol–water partition coefficient (Wildman–Crippen LogP) is 3.37. The number of hydrogen-bond donors (Lipinski definition) is 1. The van der Waals surface area contributed by atoms with Crippen LogP contribution in [-0.4, -0.2) is 33.5 Å². The molecule has 5 heteroatoms. The van der Waals surface area contributed by atoms with Gasteiger partial charge in [-0.1, -0.05) is 29.8 Å². The van der Waals surface area contributed by atoms with Crippen LogP contribution in [0.3, 0.4) is 0 Å². The number of benzene rings is 1. The molecule has 1 saturated heterocycles. The molecule has 1 N–H and O–H groups in total. The molecule has 1 aromatic heterocycles. The number of rotatable bonds is 4. The summed E-state index contributed by atoms with van der Waals surface area (Å²) in [7, 11) is 0. The first-order valence-corrected chi connectivity index (χ1v) is 7.68. The van der Waals surface area contributed by atoms with E-state index in [9.17, 15) is 9.90 Å². The highest BCUT2D eigenvalue weighted by Gasteiger charge is 2.36. The van der Waals surface area contributed by atoms with Gasteiger partial charge in [0.2, 0.25) is 0 Å². The van der Waals surface area contributed by atoms with Gasteiger partial charge in [-0.25, -0.2) is 0 Å². The quantitative estimate of drug-likeness (QED) is 0.939. The first-order valence-electron chi connectivity index (χ1n) is 7.31. The van der Waals surface area contributed by atoms with Crippen LogP contribution < -0.4 is 0 Å². The molecule has 0 saturated carbocycles.